The lowest BCUT2D eigenvalue weighted by molar-refractivity contribution is 0.0939. The van der Waals surface area contributed by atoms with Crippen LogP contribution in [0, 0.1) is 5.92 Å². The van der Waals surface area contributed by atoms with E-state index in [0.29, 0.717) is 19.1 Å². The van der Waals surface area contributed by atoms with Crippen LogP contribution in [0.25, 0.3) is 0 Å². The normalized spacial score (nSPS) is 11.7. The quantitative estimate of drug-likeness (QED) is 0.646. The van der Waals surface area contributed by atoms with Crippen LogP contribution in [0.15, 0.2) is 27.8 Å². The van der Waals surface area contributed by atoms with Gasteiger partial charge in [0.2, 0.25) is 0 Å². The first-order valence-electron chi connectivity index (χ1n) is 6.15. The molecule has 0 radical (unpaired) electrons. The first-order chi connectivity index (χ1) is 8.63. The summed E-state index contributed by atoms with van der Waals surface area (Å²) >= 11 is 0. The summed E-state index contributed by atoms with van der Waals surface area (Å²) < 4.78 is 10.3. The van der Waals surface area contributed by atoms with Gasteiger partial charge in [0.15, 0.2) is 5.76 Å². The van der Waals surface area contributed by atoms with Gasteiger partial charge in [-0.25, -0.2) is 4.99 Å². The Hall–Kier alpha value is -1.78. The fraction of sp³-hybridized carbons (Fsp3) is 0.538. The van der Waals surface area contributed by atoms with Gasteiger partial charge in [0.25, 0.3) is 11.9 Å². The summed E-state index contributed by atoms with van der Waals surface area (Å²) in [5, 5.41) is 2.59. The monoisotopic (exact) mass is 252 g/mol. The molecule has 5 heteroatoms. The summed E-state index contributed by atoms with van der Waals surface area (Å²) in [6, 6.07) is 3.50. The molecule has 0 aromatic carbocycles. The van der Waals surface area contributed by atoms with Gasteiger partial charge >= 0.3 is 0 Å². The number of hydrogen-bond acceptors (Lipinski definition) is 4. The highest BCUT2D eigenvalue weighted by Crippen LogP contribution is 2.01. The molecule has 100 valence electrons. The van der Waals surface area contributed by atoms with Crippen LogP contribution < -0.4 is 5.32 Å². The molecule has 5 nitrogen and oxygen atoms in total. The number of amides is 1. The van der Waals surface area contributed by atoms with Crippen LogP contribution >= 0.6 is 0 Å². The lowest BCUT2D eigenvalue weighted by atomic mass is 10.1. The summed E-state index contributed by atoms with van der Waals surface area (Å²) in [5.41, 5.74) is 0. The predicted molar refractivity (Wildman–Crippen MR) is 69.6 cm³/mol. The van der Waals surface area contributed by atoms with Crippen LogP contribution in [0.5, 0.6) is 0 Å². The number of nitrogens with one attached hydrogen (secondary N) is 1. The lowest BCUT2D eigenvalue weighted by Crippen LogP contribution is -2.32. The Labute approximate surface area is 107 Å². The molecule has 1 aromatic heterocycles. The number of hydrogen-bond donors (Lipinski definition) is 1. The summed E-state index contributed by atoms with van der Waals surface area (Å²) in [7, 11) is 0. The maximum Gasteiger partial charge on any atom is 0.294 e. The van der Waals surface area contributed by atoms with Gasteiger partial charge in [0, 0.05) is 6.54 Å². The van der Waals surface area contributed by atoms with E-state index in [-0.39, 0.29) is 17.7 Å². The van der Waals surface area contributed by atoms with Crippen molar-refractivity contribution in [1.29, 1.82) is 0 Å². The van der Waals surface area contributed by atoms with Gasteiger partial charge < -0.3 is 9.15 Å². The Bertz CT molecular complexity index is 383. The average Bonchev–Trinajstić information content (AvgIpc) is 2.82. The van der Waals surface area contributed by atoms with E-state index in [9.17, 15) is 4.79 Å². The minimum atomic E-state index is -0.350. The van der Waals surface area contributed by atoms with Crippen molar-refractivity contribution in [3.05, 3.63) is 24.2 Å². The maximum absolute atomic E-state index is 11.7. The van der Waals surface area contributed by atoms with Gasteiger partial charge in [-0.05, 0) is 31.4 Å². The summed E-state index contributed by atoms with van der Waals surface area (Å²) in [6.07, 6.45) is 2.40. The third kappa shape index (κ3) is 5.03. The molecule has 1 heterocycles. The molecule has 0 spiro atoms. The second-order valence-electron chi connectivity index (χ2n) is 4.23. The average molecular weight is 252 g/mol. The van der Waals surface area contributed by atoms with E-state index in [1.807, 2.05) is 6.92 Å². The zero-order valence-corrected chi connectivity index (χ0v) is 11.1. The third-order valence-electron chi connectivity index (χ3n) is 2.21. The maximum atomic E-state index is 11.7. The molecule has 0 aliphatic heterocycles. The molecule has 0 unspecified atom stereocenters. The molecule has 0 atom stereocenters. The summed E-state index contributed by atoms with van der Waals surface area (Å²) in [5.74, 6) is 0.459. The third-order valence-corrected chi connectivity index (χ3v) is 2.21. The van der Waals surface area contributed by atoms with Crippen molar-refractivity contribution in [3.63, 3.8) is 0 Å². The number of nitrogens with zero attached hydrogens (tertiary/aromatic N) is 1. The predicted octanol–water partition coefficient (Wildman–Crippen LogP) is 2.45. The Morgan fingerprint density at radius 1 is 1.56 bits per heavy atom. The summed E-state index contributed by atoms with van der Waals surface area (Å²) in [6.45, 7) is 7.18. The number of ether oxygens (including phenoxy) is 1. The highest BCUT2D eigenvalue weighted by atomic mass is 16.5. The number of carbonyl (C=O) groups excluding carboxylic acids is 1. The summed E-state index contributed by atoms with van der Waals surface area (Å²) in [4.78, 5) is 15.9. The van der Waals surface area contributed by atoms with Crippen molar-refractivity contribution in [2.24, 2.45) is 10.9 Å². The van der Waals surface area contributed by atoms with Crippen molar-refractivity contribution in [1.82, 2.24) is 5.32 Å². The lowest BCUT2D eigenvalue weighted by Gasteiger charge is -2.08. The second kappa shape index (κ2) is 7.53. The Morgan fingerprint density at radius 2 is 2.33 bits per heavy atom. The van der Waals surface area contributed by atoms with Crippen LogP contribution in [0.4, 0.5) is 0 Å². The number of aliphatic imine (C=N–C) groups is 1. The number of rotatable bonds is 5. The number of carbonyl (C=O) groups is 1. The van der Waals surface area contributed by atoms with Gasteiger partial charge in [0.05, 0.1) is 12.9 Å². The molecule has 0 aliphatic rings. The Kier molecular flexibility index (Phi) is 5.97. The van der Waals surface area contributed by atoms with Crippen LogP contribution in [-0.4, -0.2) is 25.1 Å². The topological polar surface area (TPSA) is 63.8 Å². The smallest absolute Gasteiger partial charge is 0.294 e. The minimum absolute atomic E-state index is 0.242. The molecule has 1 rings (SSSR count). The van der Waals surface area contributed by atoms with Gasteiger partial charge in [-0.15, -0.1) is 0 Å². The molecule has 0 bridgehead atoms. The van der Waals surface area contributed by atoms with Crippen LogP contribution in [0.1, 0.15) is 37.7 Å². The number of furan rings is 1. The molecule has 0 fully saturated rings. The zero-order valence-electron chi connectivity index (χ0n) is 11.1. The zero-order chi connectivity index (χ0) is 13.4. The van der Waals surface area contributed by atoms with E-state index >= 15 is 0 Å². The van der Waals surface area contributed by atoms with E-state index < -0.39 is 0 Å². The molecule has 1 N–H and O–H groups in total. The van der Waals surface area contributed by atoms with E-state index in [4.69, 9.17) is 9.15 Å². The van der Waals surface area contributed by atoms with E-state index in [1.165, 1.54) is 6.26 Å². The van der Waals surface area contributed by atoms with Crippen molar-refractivity contribution in [2.45, 2.75) is 27.2 Å². The Balaban J connectivity index is 2.54. The van der Waals surface area contributed by atoms with Gasteiger partial charge in [-0.3, -0.25) is 10.1 Å². The highest BCUT2D eigenvalue weighted by molar-refractivity contribution is 6.02. The van der Waals surface area contributed by atoms with Crippen molar-refractivity contribution in [3.8, 4) is 0 Å². The fourth-order valence-electron chi connectivity index (χ4n) is 1.25. The van der Waals surface area contributed by atoms with E-state index in [2.05, 4.69) is 24.2 Å². The second-order valence-corrected chi connectivity index (χ2v) is 4.23. The van der Waals surface area contributed by atoms with Crippen LogP contribution in [0.2, 0.25) is 0 Å². The molecular weight excluding hydrogens is 232 g/mol. The standard InChI is InChI=1S/C13H20N2O3/c1-4-17-13(14-8-7-10(2)3)15-12(16)11-6-5-9-18-11/h5-6,9-10H,4,7-8H2,1-3H3,(H,14,15,16). The van der Waals surface area contributed by atoms with Crippen molar-refractivity contribution < 1.29 is 13.9 Å². The van der Waals surface area contributed by atoms with Gasteiger partial charge in [-0.1, -0.05) is 13.8 Å². The van der Waals surface area contributed by atoms with Gasteiger partial charge in [-0.2, -0.15) is 0 Å². The SMILES string of the molecule is CCOC(=NCCC(C)C)NC(=O)c1ccco1. The van der Waals surface area contributed by atoms with Crippen LogP contribution in [-0.2, 0) is 4.74 Å². The molecule has 18 heavy (non-hydrogen) atoms. The van der Waals surface area contributed by atoms with Crippen molar-refractivity contribution in [2.75, 3.05) is 13.2 Å². The molecule has 1 amide bonds. The fourth-order valence-corrected chi connectivity index (χ4v) is 1.25. The highest BCUT2D eigenvalue weighted by Gasteiger charge is 2.11. The van der Waals surface area contributed by atoms with E-state index in [1.54, 1.807) is 12.1 Å². The molecule has 0 saturated heterocycles. The van der Waals surface area contributed by atoms with Crippen molar-refractivity contribution >= 4 is 11.9 Å². The van der Waals surface area contributed by atoms with Gasteiger partial charge in [0.1, 0.15) is 0 Å². The molecule has 0 aliphatic carbocycles. The van der Waals surface area contributed by atoms with E-state index in [0.717, 1.165) is 6.42 Å². The molecular formula is C13H20N2O3. The molecule has 1 aromatic rings. The largest absolute Gasteiger partial charge is 0.465 e. The Morgan fingerprint density at radius 3 is 2.89 bits per heavy atom. The molecule has 0 saturated carbocycles. The first-order valence-corrected chi connectivity index (χ1v) is 6.15. The first kappa shape index (κ1) is 14.3. The van der Waals surface area contributed by atoms with Crippen LogP contribution in [0.3, 0.4) is 0 Å². The number of amidine groups is 1. The minimum Gasteiger partial charge on any atom is -0.465 e.